The molecule has 0 aliphatic carbocycles. The molecule has 18 heavy (non-hydrogen) atoms. The van der Waals surface area contributed by atoms with Crippen molar-refractivity contribution in [3.8, 4) is 0 Å². The summed E-state index contributed by atoms with van der Waals surface area (Å²) in [5.74, 6) is -0.184. The minimum absolute atomic E-state index is 0.184. The van der Waals surface area contributed by atoms with Gasteiger partial charge in [-0.05, 0) is 27.7 Å². The largest absolute Gasteiger partial charge is 0.679 e. The highest BCUT2D eigenvalue weighted by molar-refractivity contribution is 6.53. The molecule has 0 bridgehead atoms. The highest BCUT2D eigenvalue weighted by Gasteiger charge is 2.44. The van der Waals surface area contributed by atoms with Crippen LogP contribution in [0.25, 0.3) is 0 Å². The molecule has 0 fully saturated rings. The average molecular weight is 298 g/mol. The van der Waals surface area contributed by atoms with Crippen LogP contribution in [0.1, 0.15) is 34.6 Å². The quantitative estimate of drug-likeness (QED) is 0.604. The lowest BCUT2D eigenvalue weighted by molar-refractivity contribution is -0.131. The Morgan fingerprint density at radius 2 is 1.11 bits per heavy atom. The lowest BCUT2D eigenvalue weighted by Crippen LogP contribution is -2.49. The zero-order valence-corrected chi connectivity index (χ0v) is 15.3. The molecular formula is C10H26O6Si2. The number of hydrogen-bond donors (Lipinski definition) is 0. The summed E-state index contributed by atoms with van der Waals surface area (Å²) in [7, 11) is -2.27. The van der Waals surface area contributed by atoms with Crippen LogP contribution in [-0.4, -0.2) is 51.9 Å². The zero-order chi connectivity index (χ0) is 14.4. The van der Waals surface area contributed by atoms with Crippen molar-refractivity contribution in [1.82, 2.24) is 0 Å². The van der Waals surface area contributed by atoms with Gasteiger partial charge in [0.1, 0.15) is 0 Å². The maximum Gasteiger partial charge on any atom is 0.679 e. The summed E-state index contributed by atoms with van der Waals surface area (Å²) in [6, 6.07) is 0. The number of carbonyl (C=O) groups is 1. The summed E-state index contributed by atoms with van der Waals surface area (Å²) in [5.41, 5.74) is 0. The van der Waals surface area contributed by atoms with Crippen molar-refractivity contribution >= 4 is 25.5 Å². The molecule has 0 aliphatic rings. The molecular weight excluding hydrogens is 272 g/mol. The summed E-state index contributed by atoms with van der Waals surface area (Å²) in [6.07, 6.45) is 0. The molecule has 0 aromatic rings. The van der Waals surface area contributed by atoms with Gasteiger partial charge in [-0.25, -0.2) is 0 Å². The molecule has 0 aliphatic heterocycles. The summed E-state index contributed by atoms with van der Waals surface area (Å²) in [5, 5.41) is 0. The highest BCUT2D eigenvalue weighted by atomic mass is 28.4. The van der Waals surface area contributed by atoms with Crippen LogP contribution in [0.2, 0.25) is 0 Å². The molecule has 0 unspecified atom stereocenters. The Bertz CT molecular complexity index is 173. The van der Waals surface area contributed by atoms with Crippen LogP contribution in [0.4, 0.5) is 0 Å². The molecule has 0 amide bonds. The van der Waals surface area contributed by atoms with Crippen molar-refractivity contribution in [1.29, 1.82) is 0 Å². The minimum atomic E-state index is -2.80. The molecule has 0 aromatic heterocycles. The Hall–Kier alpha value is -0.256. The molecule has 110 valence electrons. The second kappa shape index (κ2) is 13.2. The molecule has 0 saturated carbocycles. The molecule has 8 heteroatoms. The Labute approximate surface area is 114 Å². The second-order valence-electron chi connectivity index (χ2n) is 2.93. The lowest BCUT2D eigenvalue weighted by Gasteiger charge is -2.26. The van der Waals surface area contributed by atoms with Crippen LogP contribution in [0.5, 0.6) is 0 Å². The monoisotopic (exact) mass is 298 g/mol. The maximum atomic E-state index is 9.62. The SMILES string of the molecule is CC(=O)O[SiH3].CCO[Si](OCC)(OCC)OCC. The smallest absolute Gasteiger partial charge is 0.529 e. The van der Waals surface area contributed by atoms with Gasteiger partial charge in [-0.1, -0.05) is 0 Å². The third-order valence-corrected chi connectivity index (χ3v) is 4.72. The molecule has 6 nitrogen and oxygen atoms in total. The predicted molar refractivity (Wildman–Crippen MR) is 74.0 cm³/mol. The first-order valence-electron chi connectivity index (χ1n) is 6.12. The van der Waals surface area contributed by atoms with Crippen molar-refractivity contribution in [3.05, 3.63) is 0 Å². The van der Waals surface area contributed by atoms with Crippen molar-refractivity contribution in [2.24, 2.45) is 0 Å². The molecule has 0 saturated heterocycles. The van der Waals surface area contributed by atoms with Crippen LogP contribution >= 0.6 is 0 Å². The van der Waals surface area contributed by atoms with E-state index in [1.165, 1.54) is 6.92 Å². The van der Waals surface area contributed by atoms with E-state index in [0.717, 1.165) is 0 Å². The van der Waals surface area contributed by atoms with Crippen LogP contribution in [-0.2, 0) is 26.9 Å². The van der Waals surface area contributed by atoms with E-state index in [9.17, 15) is 4.79 Å². The number of rotatable bonds is 8. The summed E-state index contributed by atoms with van der Waals surface area (Å²) >= 11 is 0. The van der Waals surface area contributed by atoms with Gasteiger partial charge >= 0.3 is 9.05 Å². The maximum absolute atomic E-state index is 9.62. The van der Waals surface area contributed by atoms with E-state index < -0.39 is 9.05 Å². The van der Waals surface area contributed by atoms with Gasteiger partial charge in [-0.15, -0.1) is 0 Å². The van der Waals surface area contributed by atoms with Gasteiger partial charge in [0.05, 0.1) is 0 Å². The summed E-state index contributed by atoms with van der Waals surface area (Å²) in [6.45, 7) is 11.2. The van der Waals surface area contributed by atoms with Crippen LogP contribution < -0.4 is 0 Å². The molecule has 0 aromatic carbocycles. The molecule has 0 atom stereocenters. The van der Waals surface area contributed by atoms with Crippen LogP contribution in [0.15, 0.2) is 0 Å². The average Bonchev–Trinajstić information content (AvgIpc) is 2.31. The fourth-order valence-corrected chi connectivity index (χ4v) is 2.87. The molecule has 0 heterocycles. The highest BCUT2D eigenvalue weighted by Crippen LogP contribution is 2.11. The molecule has 0 N–H and O–H groups in total. The minimum Gasteiger partial charge on any atom is -0.529 e. The van der Waals surface area contributed by atoms with Gasteiger partial charge in [-0.3, -0.25) is 4.79 Å². The Balaban J connectivity index is 0. The van der Waals surface area contributed by atoms with E-state index in [1.807, 2.05) is 27.7 Å². The van der Waals surface area contributed by atoms with E-state index in [2.05, 4.69) is 4.43 Å². The van der Waals surface area contributed by atoms with Crippen LogP contribution in [0.3, 0.4) is 0 Å². The third-order valence-electron chi connectivity index (χ3n) is 1.57. The zero-order valence-electron chi connectivity index (χ0n) is 12.3. The first-order valence-corrected chi connectivity index (χ1v) is 8.57. The predicted octanol–water partition coefficient (Wildman–Crippen LogP) is 0.398. The van der Waals surface area contributed by atoms with E-state index >= 15 is 0 Å². The third kappa shape index (κ3) is 10.9. The van der Waals surface area contributed by atoms with Crippen molar-refractivity contribution in [2.45, 2.75) is 34.6 Å². The van der Waals surface area contributed by atoms with Crippen LogP contribution in [0, 0.1) is 0 Å². The van der Waals surface area contributed by atoms with E-state index in [1.54, 1.807) is 0 Å². The van der Waals surface area contributed by atoms with Crippen molar-refractivity contribution < 1.29 is 26.9 Å². The van der Waals surface area contributed by atoms with E-state index in [4.69, 9.17) is 17.7 Å². The van der Waals surface area contributed by atoms with E-state index in [-0.39, 0.29) is 5.97 Å². The first kappa shape index (κ1) is 20.1. The van der Waals surface area contributed by atoms with Gasteiger partial charge in [-0.2, -0.15) is 0 Å². The molecule has 0 rings (SSSR count). The topological polar surface area (TPSA) is 63.2 Å². The van der Waals surface area contributed by atoms with Gasteiger partial charge < -0.3 is 22.1 Å². The molecule has 0 radical (unpaired) electrons. The van der Waals surface area contributed by atoms with Crippen molar-refractivity contribution in [2.75, 3.05) is 26.4 Å². The van der Waals surface area contributed by atoms with Gasteiger partial charge in [0.25, 0.3) is 5.97 Å². The first-order chi connectivity index (χ1) is 8.51. The van der Waals surface area contributed by atoms with Crippen molar-refractivity contribution in [3.63, 3.8) is 0 Å². The normalized spacial score (nSPS) is 10.7. The van der Waals surface area contributed by atoms with Gasteiger partial charge in [0.2, 0.25) is 10.5 Å². The fraction of sp³-hybridized carbons (Fsp3) is 0.900. The summed E-state index contributed by atoms with van der Waals surface area (Å²) < 4.78 is 25.9. The standard InChI is InChI=1S/C8H20O4Si.C2H6O2Si/c1-5-9-13(10-6-2,11-7-3)12-8-4;1-2(3)4-5/h5-8H2,1-4H3;1,5H3. The van der Waals surface area contributed by atoms with E-state index in [0.29, 0.717) is 36.9 Å². The molecule has 0 spiro atoms. The second-order valence-corrected chi connectivity index (χ2v) is 5.49. The number of carbonyl (C=O) groups excluding carboxylic acids is 1. The summed E-state index contributed by atoms with van der Waals surface area (Å²) in [4.78, 5) is 9.62. The number of hydrogen-bond acceptors (Lipinski definition) is 6. The van der Waals surface area contributed by atoms with Gasteiger partial charge in [0.15, 0.2) is 0 Å². The Morgan fingerprint density at radius 3 is 1.22 bits per heavy atom. The fourth-order valence-electron chi connectivity index (χ4n) is 0.957. The Morgan fingerprint density at radius 1 is 0.889 bits per heavy atom. The van der Waals surface area contributed by atoms with Gasteiger partial charge in [0, 0.05) is 33.4 Å². The Kier molecular flexibility index (Phi) is 14.7. The lowest BCUT2D eigenvalue weighted by atomic mass is 10.9.